The number of alkyl halides is 3. The maximum absolute atomic E-state index is 13.3. The molecule has 4 aromatic rings. The van der Waals surface area contributed by atoms with Crippen molar-refractivity contribution in [2.24, 2.45) is 5.73 Å². The van der Waals surface area contributed by atoms with Gasteiger partial charge in [-0.2, -0.15) is 13.2 Å². The zero-order chi connectivity index (χ0) is 22.5. The van der Waals surface area contributed by atoms with E-state index in [-0.39, 0.29) is 11.3 Å². The van der Waals surface area contributed by atoms with E-state index in [9.17, 15) is 18.0 Å². The number of nitrogens with zero attached hydrogens (tertiary/aromatic N) is 3. The number of anilines is 1. The topological polar surface area (TPSA) is 101 Å². The number of amides is 1. The fourth-order valence-corrected chi connectivity index (χ4v) is 4.69. The number of primary amides is 1. The number of H-pyrrole nitrogens is 1. The summed E-state index contributed by atoms with van der Waals surface area (Å²) < 4.78 is 41.2. The van der Waals surface area contributed by atoms with Crippen molar-refractivity contribution in [1.29, 1.82) is 0 Å². The zero-order valence-electron chi connectivity index (χ0n) is 17.0. The Bertz CT molecular complexity index is 1320. The first kappa shape index (κ1) is 20.3. The molecule has 10 heteroatoms. The van der Waals surface area contributed by atoms with Gasteiger partial charge in [-0.1, -0.05) is 25.3 Å². The van der Waals surface area contributed by atoms with E-state index in [1.165, 1.54) is 4.40 Å². The minimum absolute atomic E-state index is 0.214. The highest BCUT2D eigenvalue weighted by atomic mass is 19.4. The lowest BCUT2D eigenvalue weighted by Gasteiger charge is -2.40. The molecule has 0 unspecified atom stereocenters. The smallest absolute Gasteiger partial charge is 0.364 e. The van der Waals surface area contributed by atoms with Crippen LogP contribution in [0, 0.1) is 0 Å². The second-order valence-corrected chi connectivity index (χ2v) is 8.20. The minimum atomic E-state index is -4.53. The summed E-state index contributed by atoms with van der Waals surface area (Å²) in [6, 6.07) is 8.57. The van der Waals surface area contributed by atoms with Gasteiger partial charge in [-0.05, 0) is 42.7 Å². The third-order valence-electron chi connectivity index (χ3n) is 6.17. The first-order chi connectivity index (χ1) is 15.3. The number of imidazole rings is 1. The molecule has 1 fully saturated rings. The number of nitrogens with two attached hydrogens (primary N) is 1. The van der Waals surface area contributed by atoms with Gasteiger partial charge in [-0.3, -0.25) is 9.20 Å². The molecule has 1 amide bonds. The van der Waals surface area contributed by atoms with Gasteiger partial charge in [-0.25, -0.2) is 9.97 Å². The van der Waals surface area contributed by atoms with Crippen LogP contribution in [0.3, 0.4) is 0 Å². The van der Waals surface area contributed by atoms with E-state index in [1.807, 2.05) is 6.07 Å². The summed E-state index contributed by atoms with van der Waals surface area (Å²) >= 11 is 0. The maximum Gasteiger partial charge on any atom is 0.434 e. The molecule has 0 atom stereocenters. The highest BCUT2D eigenvalue weighted by molar-refractivity contribution is 5.97. The molecular weight excluding hydrogens is 421 g/mol. The van der Waals surface area contributed by atoms with E-state index >= 15 is 0 Å². The molecule has 166 valence electrons. The van der Waals surface area contributed by atoms with Crippen molar-refractivity contribution in [3.05, 3.63) is 59.7 Å². The van der Waals surface area contributed by atoms with Crippen LogP contribution in [0.1, 0.15) is 53.8 Å². The van der Waals surface area contributed by atoms with Crippen molar-refractivity contribution in [2.75, 3.05) is 5.32 Å². The molecule has 1 aliphatic rings. The van der Waals surface area contributed by atoms with Crippen molar-refractivity contribution < 1.29 is 18.0 Å². The largest absolute Gasteiger partial charge is 0.434 e. The molecule has 32 heavy (non-hydrogen) atoms. The molecular formula is C22H21F3N6O. The second-order valence-electron chi connectivity index (χ2n) is 8.20. The Morgan fingerprint density at radius 1 is 1.19 bits per heavy atom. The molecule has 4 heterocycles. The van der Waals surface area contributed by atoms with Crippen LogP contribution in [0.4, 0.5) is 19.0 Å². The number of hydrogen-bond donors (Lipinski definition) is 3. The molecule has 7 nitrogen and oxygen atoms in total. The Morgan fingerprint density at radius 2 is 1.97 bits per heavy atom. The number of carbonyl (C=O) groups is 1. The van der Waals surface area contributed by atoms with Gasteiger partial charge in [0.25, 0.3) is 5.91 Å². The molecule has 0 bridgehead atoms. The Balaban J connectivity index is 1.65. The van der Waals surface area contributed by atoms with Gasteiger partial charge in [0.1, 0.15) is 22.8 Å². The van der Waals surface area contributed by atoms with Crippen molar-refractivity contribution in [3.63, 3.8) is 0 Å². The zero-order valence-corrected chi connectivity index (χ0v) is 17.0. The van der Waals surface area contributed by atoms with Crippen LogP contribution < -0.4 is 11.1 Å². The molecule has 5 rings (SSSR count). The van der Waals surface area contributed by atoms with Crippen molar-refractivity contribution in [2.45, 2.75) is 43.8 Å². The van der Waals surface area contributed by atoms with Gasteiger partial charge >= 0.3 is 6.18 Å². The fraction of sp³-hybridized carbons (Fsp3) is 0.318. The summed E-state index contributed by atoms with van der Waals surface area (Å²) in [4.78, 5) is 22.7. The maximum atomic E-state index is 13.3. The standard InChI is InChI=1S/C22H21F3N6O/c23-22(24,25)16-12-31-17(29-16)5-4-6-18(31)30-21(8-2-1-3-9-21)14-7-10-27-20-13(14)11-15(28-20)19(26)32/h4-7,10-12,30H,1-3,8-9H2,(H2,26,32)(H,27,28). The third kappa shape index (κ3) is 3.35. The Kier molecular flexibility index (Phi) is 4.61. The van der Waals surface area contributed by atoms with Gasteiger partial charge in [-0.15, -0.1) is 0 Å². The first-order valence-corrected chi connectivity index (χ1v) is 10.4. The summed E-state index contributed by atoms with van der Waals surface area (Å²) in [5.74, 6) is -0.0644. The van der Waals surface area contributed by atoms with Crippen LogP contribution in [0.25, 0.3) is 16.7 Å². The van der Waals surface area contributed by atoms with Crippen molar-refractivity contribution in [3.8, 4) is 0 Å². The SMILES string of the molecule is NC(=O)c1cc2c(C3(Nc4cccc5nc(C(F)(F)F)cn45)CCCCC3)ccnc2[nH]1. The minimum Gasteiger partial charge on any atom is -0.364 e. The summed E-state index contributed by atoms with van der Waals surface area (Å²) in [6.07, 6.45) is 2.69. The Labute approximate surface area is 180 Å². The number of halogens is 3. The lowest BCUT2D eigenvalue weighted by molar-refractivity contribution is -0.140. The van der Waals surface area contributed by atoms with Gasteiger partial charge in [0.05, 0.1) is 5.54 Å². The molecule has 0 saturated heterocycles. The molecule has 0 aliphatic heterocycles. The summed E-state index contributed by atoms with van der Waals surface area (Å²) in [7, 11) is 0. The average Bonchev–Trinajstić information content (AvgIpc) is 3.39. The normalized spacial score (nSPS) is 16.5. The molecule has 1 saturated carbocycles. The number of nitrogens with one attached hydrogen (secondary N) is 2. The van der Waals surface area contributed by atoms with Gasteiger partial charge in [0.15, 0.2) is 5.69 Å². The van der Waals surface area contributed by atoms with E-state index in [1.54, 1.807) is 30.5 Å². The molecule has 4 aromatic heterocycles. The van der Waals surface area contributed by atoms with E-state index in [4.69, 9.17) is 5.73 Å². The summed E-state index contributed by atoms with van der Waals surface area (Å²) in [5, 5.41) is 4.31. The van der Waals surface area contributed by atoms with Gasteiger partial charge in [0, 0.05) is 17.8 Å². The number of aromatic amines is 1. The van der Waals surface area contributed by atoms with E-state index in [2.05, 4.69) is 20.3 Å². The lowest BCUT2D eigenvalue weighted by Crippen LogP contribution is -2.38. The average molecular weight is 442 g/mol. The second kappa shape index (κ2) is 7.25. The van der Waals surface area contributed by atoms with E-state index in [0.29, 0.717) is 11.5 Å². The van der Waals surface area contributed by atoms with Crippen LogP contribution in [0.5, 0.6) is 0 Å². The summed E-state index contributed by atoms with van der Waals surface area (Å²) in [6.45, 7) is 0. The molecule has 4 N–H and O–H groups in total. The molecule has 0 radical (unpaired) electrons. The van der Waals surface area contributed by atoms with Crippen molar-refractivity contribution >= 4 is 28.4 Å². The van der Waals surface area contributed by atoms with Crippen LogP contribution in [0.15, 0.2) is 42.7 Å². The molecule has 0 spiro atoms. The number of rotatable bonds is 4. The predicted octanol–water partition coefficient (Wildman–Crippen LogP) is 4.60. The van der Waals surface area contributed by atoms with Crippen LogP contribution in [-0.4, -0.2) is 25.3 Å². The highest BCUT2D eigenvalue weighted by Crippen LogP contribution is 2.43. The van der Waals surface area contributed by atoms with E-state index in [0.717, 1.165) is 49.3 Å². The number of carbonyl (C=O) groups excluding carboxylic acids is 1. The van der Waals surface area contributed by atoms with Crippen LogP contribution in [-0.2, 0) is 11.7 Å². The van der Waals surface area contributed by atoms with Gasteiger partial charge < -0.3 is 16.0 Å². The number of pyridine rings is 2. The molecule has 0 aromatic carbocycles. The quantitative estimate of drug-likeness (QED) is 0.430. The van der Waals surface area contributed by atoms with Crippen LogP contribution in [0.2, 0.25) is 0 Å². The number of aromatic nitrogens is 4. The molecule has 1 aliphatic carbocycles. The highest BCUT2D eigenvalue weighted by Gasteiger charge is 2.37. The summed E-state index contributed by atoms with van der Waals surface area (Å²) in [5.41, 5.74) is 5.91. The van der Waals surface area contributed by atoms with Crippen LogP contribution >= 0.6 is 0 Å². The fourth-order valence-electron chi connectivity index (χ4n) is 4.69. The van der Waals surface area contributed by atoms with Crippen molar-refractivity contribution in [1.82, 2.24) is 19.4 Å². The van der Waals surface area contributed by atoms with E-state index < -0.39 is 23.3 Å². The monoisotopic (exact) mass is 442 g/mol. The Morgan fingerprint density at radius 3 is 2.69 bits per heavy atom. The number of hydrogen-bond acceptors (Lipinski definition) is 4. The third-order valence-corrected chi connectivity index (χ3v) is 6.17. The Hall–Kier alpha value is -3.56. The lowest BCUT2D eigenvalue weighted by atomic mass is 9.76. The van der Waals surface area contributed by atoms with Gasteiger partial charge in [0.2, 0.25) is 0 Å². The first-order valence-electron chi connectivity index (χ1n) is 10.4. The predicted molar refractivity (Wildman–Crippen MR) is 113 cm³/mol. The number of fused-ring (bicyclic) bond motifs is 2.